The van der Waals surface area contributed by atoms with Gasteiger partial charge in [-0.05, 0) is 24.6 Å². The Hall–Kier alpha value is -2.17. The van der Waals surface area contributed by atoms with Crippen LogP contribution in [0, 0.1) is 17.1 Å². The largest absolute Gasteiger partial charge is 0.379 e. The molecule has 0 spiro atoms. The van der Waals surface area contributed by atoms with E-state index in [-0.39, 0.29) is 24.2 Å². The number of nitrogens with one attached hydrogen (secondary N) is 1. The van der Waals surface area contributed by atoms with E-state index < -0.39 is 5.82 Å². The van der Waals surface area contributed by atoms with Crippen LogP contribution in [-0.4, -0.2) is 49.9 Å². The van der Waals surface area contributed by atoms with Crippen molar-refractivity contribution in [2.75, 3.05) is 32.9 Å². The first kappa shape index (κ1) is 17.2. The molecule has 0 aliphatic carbocycles. The normalized spacial score (nSPS) is 17.6. The Morgan fingerprint density at radius 3 is 3.13 bits per heavy atom. The van der Waals surface area contributed by atoms with Gasteiger partial charge in [-0.2, -0.15) is 5.26 Å². The highest BCUT2D eigenvalue weighted by Crippen LogP contribution is 2.10. The van der Waals surface area contributed by atoms with Crippen molar-refractivity contribution in [3.8, 4) is 6.07 Å². The van der Waals surface area contributed by atoms with Gasteiger partial charge >= 0.3 is 6.03 Å². The number of hydrogen-bond donors (Lipinski definition) is 1. The highest BCUT2D eigenvalue weighted by molar-refractivity contribution is 5.74. The van der Waals surface area contributed by atoms with Crippen LogP contribution < -0.4 is 5.32 Å². The summed E-state index contributed by atoms with van der Waals surface area (Å²) in [4.78, 5) is 13.8. The fourth-order valence-electron chi connectivity index (χ4n) is 2.30. The minimum atomic E-state index is -0.581. The number of urea groups is 1. The molecule has 1 aromatic rings. The molecule has 0 radical (unpaired) electrons. The number of hydrogen-bond acceptors (Lipinski definition) is 4. The third-order valence-corrected chi connectivity index (χ3v) is 3.53. The predicted octanol–water partition coefficient (Wildman–Crippen LogP) is 1.64. The number of halogens is 1. The molecular weight excluding hydrogens is 301 g/mol. The first-order valence-corrected chi connectivity index (χ1v) is 7.54. The van der Waals surface area contributed by atoms with E-state index in [0.717, 1.165) is 0 Å². The SMILES string of the molecule is CCOCC1CN(C(=O)NCc2ccc(C#N)c(F)c2)CCO1. The number of rotatable bonds is 5. The van der Waals surface area contributed by atoms with E-state index in [9.17, 15) is 9.18 Å². The Kier molecular flexibility index (Phi) is 6.32. The van der Waals surface area contributed by atoms with Crippen LogP contribution in [-0.2, 0) is 16.0 Å². The van der Waals surface area contributed by atoms with Crippen molar-refractivity contribution in [3.63, 3.8) is 0 Å². The lowest BCUT2D eigenvalue weighted by atomic mass is 10.1. The van der Waals surface area contributed by atoms with Gasteiger partial charge in [-0.3, -0.25) is 0 Å². The van der Waals surface area contributed by atoms with Gasteiger partial charge in [0.15, 0.2) is 0 Å². The fraction of sp³-hybridized carbons (Fsp3) is 0.500. The highest BCUT2D eigenvalue weighted by atomic mass is 19.1. The Morgan fingerprint density at radius 2 is 2.43 bits per heavy atom. The molecule has 23 heavy (non-hydrogen) atoms. The van der Waals surface area contributed by atoms with Crippen molar-refractivity contribution in [2.45, 2.75) is 19.6 Å². The first-order chi connectivity index (χ1) is 11.1. The van der Waals surface area contributed by atoms with Crippen molar-refractivity contribution >= 4 is 6.03 Å². The summed E-state index contributed by atoms with van der Waals surface area (Å²) in [5.74, 6) is -0.581. The number of carbonyl (C=O) groups is 1. The maximum absolute atomic E-state index is 13.5. The average molecular weight is 321 g/mol. The molecule has 2 amide bonds. The molecule has 1 atom stereocenters. The summed E-state index contributed by atoms with van der Waals surface area (Å²) >= 11 is 0. The molecule has 6 nitrogen and oxygen atoms in total. The van der Waals surface area contributed by atoms with Crippen molar-refractivity contribution < 1.29 is 18.7 Å². The van der Waals surface area contributed by atoms with Gasteiger partial charge in [-0.1, -0.05) is 6.07 Å². The van der Waals surface area contributed by atoms with Crippen LogP contribution in [0.5, 0.6) is 0 Å². The lowest BCUT2D eigenvalue weighted by Gasteiger charge is -2.32. The van der Waals surface area contributed by atoms with Gasteiger partial charge < -0.3 is 19.7 Å². The van der Waals surface area contributed by atoms with E-state index in [4.69, 9.17) is 14.7 Å². The second-order valence-corrected chi connectivity index (χ2v) is 5.18. The summed E-state index contributed by atoms with van der Waals surface area (Å²) in [6.07, 6.45) is -0.123. The maximum Gasteiger partial charge on any atom is 0.317 e. The molecule has 1 fully saturated rings. The van der Waals surface area contributed by atoms with Gasteiger partial charge in [-0.25, -0.2) is 9.18 Å². The third kappa shape index (κ3) is 4.91. The summed E-state index contributed by atoms with van der Waals surface area (Å²) in [6, 6.07) is 5.83. The van der Waals surface area contributed by atoms with E-state index in [2.05, 4.69) is 5.32 Å². The van der Waals surface area contributed by atoms with Crippen LogP contribution in [0.25, 0.3) is 0 Å². The minimum Gasteiger partial charge on any atom is -0.379 e. The van der Waals surface area contributed by atoms with Crippen LogP contribution in [0.3, 0.4) is 0 Å². The molecule has 1 aliphatic heterocycles. The number of ether oxygens (including phenoxy) is 2. The Bertz CT molecular complexity index is 588. The molecule has 2 rings (SSSR count). The minimum absolute atomic E-state index is 0.00739. The van der Waals surface area contributed by atoms with Crippen LogP contribution in [0.2, 0.25) is 0 Å². The molecular formula is C16H20FN3O3. The molecule has 1 saturated heterocycles. The van der Waals surface area contributed by atoms with E-state index in [1.54, 1.807) is 17.0 Å². The van der Waals surface area contributed by atoms with E-state index >= 15 is 0 Å². The van der Waals surface area contributed by atoms with Crippen molar-refractivity contribution in [2.24, 2.45) is 0 Å². The summed E-state index contributed by atoms with van der Waals surface area (Å²) < 4.78 is 24.4. The van der Waals surface area contributed by atoms with Gasteiger partial charge in [0.05, 0.1) is 31.4 Å². The molecule has 0 aromatic heterocycles. The van der Waals surface area contributed by atoms with Crippen LogP contribution in [0.4, 0.5) is 9.18 Å². The third-order valence-electron chi connectivity index (χ3n) is 3.53. The lowest BCUT2D eigenvalue weighted by Crippen LogP contribution is -2.50. The smallest absolute Gasteiger partial charge is 0.317 e. The van der Waals surface area contributed by atoms with Crippen molar-refractivity contribution in [1.29, 1.82) is 5.26 Å². The zero-order valence-electron chi connectivity index (χ0n) is 13.0. The Balaban J connectivity index is 1.84. The molecule has 0 saturated carbocycles. The van der Waals surface area contributed by atoms with Gasteiger partial charge in [0.25, 0.3) is 0 Å². The molecule has 1 aromatic carbocycles. The molecule has 0 bridgehead atoms. The molecule has 7 heteroatoms. The van der Waals surface area contributed by atoms with Crippen LogP contribution >= 0.6 is 0 Å². The molecule has 1 aliphatic rings. The predicted molar refractivity (Wildman–Crippen MR) is 81.2 cm³/mol. The van der Waals surface area contributed by atoms with Gasteiger partial charge in [0.1, 0.15) is 11.9 Å². The van der Waals surface area contributed by atoms with Crippen LogP contribution in [0.15, 0.2) is 18.2 Å². The molecule has 124 valence electrons. The second kappa shape index (κ2) is 8.46. The van der Waals surface area contributed by atoms with E-state index in [1.807, 2.05) is 6.92 Å². The summed E-state index contributed by atoms with van der Waals surface area (Å²) in [5.41, 5.74) is 0.598. The molecule has 1 N–H and O–H groups in total. The summed E-state index contributed by atoms with van der Waals surface area (Å²) in [6.45, 7) is 4.62. The zero-order chi connectivity index (χ0) is 16.7. The Labute approximate surface area is 134 Å². The van der Waals surface area contributed by atoms with Crippen molar-refractivity contribution in [1.82, 2.24) is 10.2 Å². The number of nitriles is 1. The quantitative estimate of drug-likeness (QED) is 0.895. The summed E-state index contributed by atoms with van der Waals surface area (Å²) in [5, 5.41) is 11.4. The maximum atomic E-state index is 13.5. The van der Waals surface area contributed by atoms with Gasteiger partial charge in [0.2, 0.25) is 0 Å². The molecule has 1 unspecified atom stereocenters. The summed E-state index contributed by atoms with van der Waals surface area (Å²) in [7, 11) is 0. The number of carbonyl (C=O) groups excluding carboxylic acids is 1. The standard InChI is InChI=1S/C16H20FN3O3/c1-2-22-11-14-10-20(5-6-23-14)16(21)19-9-12-3-4-13(8-18)15(17)7-12/h3-4,7,14H,2,5-6,9-11H2,1H3,(H,19,21). The second-order valence-electron chi connectivity index (χ2n) is 5.18. The number of benzene rings is 1. The topological polar surface area (TPSA) is 74.6 Å². The highest BCUT2D eigenvalue weighted by Gasteiger charge is 2.24. The average Bonchev–Trinajstić information content (AvgIpc) is 2.58. The monoisotopic (exact) mass is 321 g/mol. The fourth-order valence-corrected chi connectivity index (χ4v) is 2.30. The van der Waals surface area contributed by atoms with Gasteiger partial charge in [-0.15, -0.1) is 0 Å². The number of amides is 2. The Morgan fingerprint density at radius 1 is 1.61 bits per heavy atom. The zero-order valence-corrected chi connectivity index (χ0v) is 13.0. The van der Waals surface area contributed by atoms with E-state index in [0.29, 0.717) is 38.5 Å². The van der Waals surface area contributed by atoms with Crippen LogP contribution in [0.1, 0.15) is 18.1 Å². The number of morpholine rings is 1. The first-order valence-electron chi connectivity index (χ1n) is 7.54. The van der Waals surface area contributed by atoms with Gasteiger partial charge in [0, 0.05) is 19.7 Å². The lowest BCUT2D eigenvalue weighted by molar-refractivity contribution is -0.0566. The number of nitrogens with zero attached hydrogens (tertiary/aromatic N) is 2. The molecule has 1 heterocycles. The van der Waals surface area contributed by atoms with E-state index in [1.165, 1.54) is 12.1 Å². The van der Waals surface area contributed by atoms with Crippen molar-refractivity contribution in [3.05, 3.63) is 35.1 Å².